The first kappa shape index (κ1) is 12.9. The number of aryl methyl sites for hydroxylation is 1. The van der Waals surface area contributed by atoms with Gasteiger partial charge in [0.15, 0.2) is 0 Å². The van der Waals surface area contributed by atoms with Gasteiger partial charge in [0, 0.05) is 0 Å². The molecule has 1 aliphatic rings. The molecule has 0 aromatic carbocycles. The van der Waals surface area contributed by atoms with Crippen LogP contribution in [0.1, 0.15) is 44.2 Å². The van der Waals surface area contributed by atoms with Crippen molar-refractivity contribution in [3.63, 3.8) is 0 Å². The second kappa shape index (κ2) is 7.73. The van der Waals surface area contributed by atoms with Crippen molar-refractivity contribution in [3.8, 4) is 0 Å². The summed E-state index contributed by atoms with van der Waals surface area (Å²) in [6.45, 7) is 0. The van der Waals surface area contributed by atoms with Crippen LogP contribution < -0.4 is 0 Å². The van der Waals surface area contributed by atoms with E-state index in [9.17, 15) is 0 Å². The molecule has 1 aromatic heterocycles. The molecule has 0 saturated carbocycles. The van der Waals surface area contributed by atoms with E-state index in [2.05, 4.69) is 21.2 Å². The van der Waals surface area contributed by atoms with Gasteiger partial charge >= 0.3 is 108 Å². The van der Waals surface area contributed by atoms with Crippen molar-refractivity contribution in [1.82, 2.24) is 10.2 Å². The summed E-state index contributed by atoms with van der Waals surface area (Å²) in [7, 11) is 0. The van der Waals surface area contributed by atoms with Crippen LogP contribution in [0.3, 0.4) is 0 Å². The molecule has 0 fully saturated rings. The SMILES string of the molecule is C1=[Se](CCCCCCc2cccnn2)CCC1. The molecule has 1 unspecified atom stereocenters. The minimum atomic E-state index is -0.211. The number of aromatic nitrogens is 2. The van der Waals surface area contributed by atoms with Crippen LogP contribution in [0, 0.1) is 0 Å². The molecule has 2 rings (SSSR count). The van der Waals surface area contributed by atoms with Crippen LogP contribution in [-0.4, -0.2) is 28.6 Å². The predicted octanol–water partition coefficient (Wildman–Crippen LogP) is 3.25. The first-order valence-electron chi connectivity index (χ1n) is 6.71. The molecule has 0 spiro atoms. The van der Waals surface area contributed by atoms with Crippen LogP contribution in [0.5, 0.6) is 0 Å². The zero-order chi connectivity index (χ0) is 11.8. The summed E-state index contributed by atoms with van der Waals surface area (Å²) in [6, 6.07) is 4.05. The fraction of sp³-hybridized carbons (Fsp3) is 0.643. The Bertz CT molecular complexity index is 348. The van der Waals surface area contributed by atoms with E-state index in [0.29, 0.717) is 0 Å². The van der Waals surface area contributed by atoms with Crippen LogP contribution >= 0.6 is 0 Å². The third kappa shape index (κ3) is 5.10. The van der Waals surface area contributed by atoms with Crippen molar-refractivity contribution in [2.45, 2.75) is 55.6 Å². The van der Waals surface area contributed by atoms with Gasteiger partial charge in [-0.2, -0.15) is 0 Å². The number of hydrogen-bond acceptors (Lipinski definition) is 2. The molecule has 2 nitrogen and oxygen atoms in total. The van der Waals surface area contributed by atoms with Gasteiger partial charge in [0.2, 0.25) is 0 Å². The summed E-state index contributed by atoms with van der Waals surface area (Å²) in [5, 5.41) is 11.1. The Morgan fingerprint density at radius 3 is 2.88 bits per heavy atom. The predicted molar refractivity (Wildman–Crippen MR) is 74.9 cm³/mol. The van der Waals surface area contributed by atoms with Gasteiger partial charge < -0.3 is 0 Å². The summed E-state index contributed by atoms with van der Waals surface area (Å²) in [5.41, 5.74) is 1.14. The molecule has 0 aliphatic carbocycles. The Balaban J connectivity index is 1.49. The third-order valence-corrected chi connectivity index (χ3v) is 8.08. The fourth-order valence-corrected chi connectivity index (χ4v) is 6.71. The first-order chi connectivity index (χ1) is 8.45. The standard InChI is InChI=1S/C14H22N2Se/c1(2-4-11-17-12-5-6-13-17)3-8-14-9-7-10-15-16-14/h7,9-10,12H,1-6,8,11,13H2. The van der Waals surface area contributed by atoms with E-state index in [1.807, 2.05) is 6.07 Å². The molecule has 94 valence electrons. The van der Waals surface area contributed by atoms with Gasteiger partial charge in [-0.3, -0.25) is 0 Å². The molecule has 0 bridgehead atoms. The van der Waals surface area contributed by atoms with Gasteiger partial charge in [-0.25, -0.2) is 0 Å². The average molecular weight is 297 g/mol. The van der Waals surface area contributed by atoms with E-state index >= 15 is 0 Å². The van der Waals surface area contributed by atoms with Crippen LogP contribution in [0.15, 0.2) is 18.3 Å². The topological polar surface area (TPSA) is 25.8 Å². The van der Waals surface area contributed by atoms with Crippen molar-refractivity contribution in [2.24, 2.45) is 0 Å². The Morgan fingerprint density at radius 1 is 1.18 bits per heavy atom. The van der Waals surface area contributed by atoms with Gasteiger partial charge in [-0.1, -0.05) is 0 Å². The van der Waals surface area contributed by atoms with E-state index in [1.165, 1.54) is 38.5 Å². The average Bonchev–Trinajstić information content (AvgIpc) is 2.88. The number of rotatable bonds is 7. The quantitative estimate of drug-likeness (QED) is 0.570. The number of unbranched alkanes of at least 4 members (excludes halogenated alkanes) is 3. The second-order valence-corrected chi connectivity index (χ2v) is 9.30. The van der Waals surface area contributed by atoms with E-state index in [0.717, 1.165) is 12.1 Å². The van der Waals surface area contributed by atoms with Crippen molar-refractivity contribution >= 4 is 18.4 Å². The third-order valence-electron chi connectivity index (χ3n) is 3.18. The molecule has 17 heavy (non-hydrogen) atoms. The van der Waals surface area contributed by atoms with Crippen molar-refractivity contribution in [2.75, 3.05) is 0 Å². The van der Waals surface area contributed by atoms with Gasteiger partial charge in [0.25, 0.3) is 0 Å². The zero-order valence-electron chi connectivity index (χ0n) is 10.5. The molecule has 0 radical (unpaired) electrons. The van der Waals surface area contributed by atoms with Crippen LogP contribution in [-0.2, 0) is 6.42 Å². The van der Waals surface area contributed by atoms with Crippen LogP contribution in [0.2, 0.25) is 10.6 Å². The summed E-state index contributed by atoms with van der Waals surface area (Å²) < 4.78 is 0. The zero-order valence-corrected chi connectivity index (χ0v) is 12.2. The van der Waals surface area contributed by atoms with Gasteiger partial charge in [0.1, 0.15) is 0 Å². The van der Waals surface area contributed by atoms with Gasteiger partial charge in [0.05, 0.1) is 0 Å². The van der Waals surface area contributed by atoms with Crippen molar-refractivity contribution in [1.29, 1.82) is 0 Å². The normalized spacial score (nSPS) is 19.2. The van der Waals surface area contributed by atoms with Crippen molar-refractivity contribution < 1.29 is 0 Å². The maximum absolute atomic E-state index is 4.11. The van der Waals surface area contributed by atoms with Crippen LogP contribution in [0.25, 0.3) is 0 Å². The number of hydrogen-bond donors (Lipinski definition) is 0. The Kier molecular flexibility index (Phi) is 5.87. The minimum absolute atomic E-state index is 0.211. The molecule has 1 aromatic rings. The van der Waals surface area contributed by atoms with E-state index in [-0.39, 0.29) is 13.5 Å². The Morgan fingerprint density at radius 2 is 2.12 bits per heavy atom. The molecule has 0 N–H and O–H groups in total. The molecular formula is C14H22N2Se. The molecule has 3 heteroatoms. The Hall–Kier alpha value is -0.531. The second-order valence-electron chi connectivity index (χ2n) is 4.63. The van der Waals surface area contributed by atoms with E-state index < -0.39 is 0 Å². The fourth-order valence-electron chi connectivity index (χ4n) is 2.20. The molecule has 1 atom stereocenters. The maximum atomic E-state index is 4.11. The Labute approximate surface area is 108 Å². The molecule has 0 saturated heterocycles. The summed E-state index contributed by atoms with van der Waals surface area (Å²) in [5.74, 6) is 0. The van der Waals surface area contributed by atoms with Gasteiger partial charge in [-0.15, -0.1) is 0 Å². The first-order valence-corrected chi connectivity index (χ1v) is 10.1. The molecule has 1 aliphatic heterocycles. The van der Waals surface area contributed by atoms with Gasteiger partial charge in [-0.05, 0) is 0 Å². The summed E-state index contributed by atoms with van der Waals surface area (Å²) in [4.78, 5) is 2.65. The van der Waals surface area contributed by atoms with Crippen molar-refractivity contribution in [3.05, 3.63) is 24.0 Å². The molecule has 0 amide bonds. The molecular weight excluding hydrogens is 275 g/mol. The summed E-state index contributed by atoms with van der Waals surface area (Å²) in [6.07, 6.45) is 11.2. The van der Waals surface area contributed by atoms with Crippen LogP contribution in [0.4, 0.5) is 0 Å². The summed E-state index contributed by atoms with van der Waals surface area (Å²) >= 11 is -0.211. The van der Waals surface area contributed by atoms with E-state index in [1.54, 1.807) is 16.8 Å². The van der Waals surface area contributed by atoms with E-state index in [4.69, 9.17) is 0 Å². The molecule has 2 heterocycles. The monoisotopic (exact) mass is 298 g/mol. The number of nitrogens with zero attached hydrogens (tertiary/aromatic N) is 2.